The molecule has 1 fully saturated rings. The number of nitrogens with zero attached hydrogens (tertiary/aromatic N) is 2. The van der Waals surface area contributed by atoms with E-state index in [4.69, 9.17) is 0 Å². The van der Waals surface area contributed by atoms with Gasteiger partial charge in [-0.3, -0.25) is 24.7 Å². The van der Waals surface area contributed by atoms with Crippen LogP contribution in [-0.4, -0.2) is 54.3 Å². The lowest BCUT2D eigenvalue weighted by Crippen LogP contribution is -2.71. The van der Waals surface area contributed by atoms with E-state index in [0.29, 0.717) is 6.42 Å². The Labute approximate surface area is 88.2 Å². The third-order valence-corrected chi connectivity index (χ3v) is 2.83. The molecule has 6 heteroatoms. The molecule has 1 saturated heterocycles. The first kappa shape index (κ1) is 11.6. The minimum atomic E-state index is -1.26. The maximum atomic E-state index is 11.9. The van der Waals surface area contributed by atoms with E-state index in [1.165, 1.54) is 11.9 Å². The van der Waals surface area contributed by atoms with Crippen LogP contribution in [0, 0.1) is 0 Å². The zero-order chi connectivity index (χ0) is 11.8. The van der Waals surface area contributed by atoms with Crippen molar-refractivity contribution in [2.45, 2.75) is 18.9 Å². The van der Waals surface area contributed by atoms with Crippen LogP contribution in [0.2, 0.25) is 0 Å². The van der Waals surface area contributed by atoms with Crippen LogP contribution in [0.4, 0.5) is 4.79 Å². The molecule has 84 valence electrons. The molecule has 0 saturated carbocycles. The van der Waals surface area contributed by atoms with Crippen molar-refractivity contribution in [1.82, 2.24) is 15.1 Å². The Balaban J connectivity index is 3.21. The van der Waals surface area contributed by atoms with Gasteiger partial charge >= 0.3 is 6.03 Å². The Kier molecular flexibility index (Phi) is 2.81. The van der Waals surface area contributed by atoms with Crippen molar-refractivity contribution in [2.24, 2.45) is 0 Å². The Morgan fingerprint density at radius 2 is 1.87 bits per heavy atom. The lowest BCUT2D eigenvalue weighted by Gasteiger charge is -2.41. The van der Waals surface area contributed by atoms with Crippen molar-refractivity contribution in [2.75, 3.05) is 21.1 Å². The Bertz CT molecular complexity index is 327. The van der Waals surface area contributed by atoms with Gasteiger partial charge in [-0.05, 0) is 20.5 Å². The van der Waals surface area contributed by atoms with E-state index in [0.717, 1.165) is 4.90 Å². The average molecular weight is 213 g/mol. The van der Waals surface area contributed by atoms with Gasteiger partial charge < -0.3 is 0 Å². The molecule has 4 amide bonds. The second-order valence-corrected chi connectivity index (χ2v) is 3.73. The van der Waals surface area contributed by atoms with E-state index in [1.807, 2.05) is 0 Å². The van der Waals surface area contributed by atoms with Gasteiger partial charge in [0.1, 0.15) is 0 Å². The molecule has 0 aromatic heterocycles. The molecule has 0 spiro atoms. The Hall–Kier alpha value is -1.43. The van der Waals surface area contributed by atoms with Crippen molar-refractivity contribution >= 4 is 17.8 Å². The van der Waals surface area contributed by atoms with Crippen molar-refractivity contribution in [1.29, 1.82) is 0 Å². The molecule has 1 heterocycles. The predicted octanol–water partition coefficient (Wildman–Crippen LogP) is -0.595. The van der Waals surface area contributed by atoms with E-state index >= 15 is 0 Å². The van der Waals surface area contributed by atoms with E-state index in [1.54, 1.807) is 21.0 Å². The molecule has 0 unspecified atom stereocenters. The lowest BCUT2D eigenvalue weighted by molar-refractivity contribution is -0.152. The molecule has 1 aliphatic heterocycles. The minimum Gasteiger partial charge on any atom is -0.288 e. The second kappa shape index (κ2) is 3.62. The molecule has 0 radical (unpaired) electrons. The van der Waals surface area contributed by atoms with Crippen LogP contribution in [0.1, 0.15) is 13.3 Å². The topological polar surface area (TPSA) is 69.7 Å². The van der Waals surface area contributed by atoms with Crippen molar-refractivity contribution in [3.05, 3.63) is 0 Å². The molecular weight excluding hydrogens is 198 g/mol. The van der Waals surface area contributed by atoms with Gasteiger partial charge in [0.05, 0.1) is 0 Å². The van der Waals surface area contributed by atoms with E-state index < -0.39 is 23.4 Å². The monoisotopic (exact) mass is 213 g/mol. The highest BCUT2D eigenvalue weighted by atomic mass is 16.2. The first-order valence-corrected chi connectivity index (χ1v) is 4.69. The van der Waals surface area contributed by atoms with Crippen LogP contribution in [0.3, 0.4) is 0 Å². The molecule has 15 heavy (non-hydrogen) atoms. The van der Waals surface area contributed by atoms with Crippen LogP contribution < -0.4 is 5.32 Å². The molecule has 0 aromatic rings. The summed E-state index contributed by atoms with van der Waals surface area (Å²) < 4.78 is 0. The van der Waals surface area contributed by atoms with Crippen LogP contribution in [0.25, 0.3) is 0 Å². The van der Waals surface area contributed by atoms with Gasteiger partial charge in [0.25, 0.3) is 11.8 Å². The minimum absolute atomic E-state index is 0.322. The van der Waals surface area contributed by atoms with Gasteiger partial charge in [-0.25, -0.2) is 4.79 Å². The number of rotatable bonds is 2. The standard InChI is InChI=1S/C9H15N3O3/c1-5-9(11(2)3)6(13)10-8(15)12(4)7(9)14/h5H2,1-4H3,(H,10,13,15)/t9-/m0/s1. The van der Waals surface area contributed by atoms with Crippen LogP contribution in [0.15, 0.2) is 0 Å². The van der Waals surface area contributed by atoms with Gasteiger partial charge in [-0.1, -0.05) is 6.92 Å². The van der Waals surface area contributed by atoms with Crippen LogP contribution in [-0.2, 0) is 9.59 Å². The molecular formula is C9H15N3O3. The third-order valence-electron chi connectivity index (χ3n) is 2.83. The second-order valence-electron chi connectivity index (χ2n) is 3.73. The van der Waals surface area contributed by atoms with Crippen molar-refractivity contribution < 1.29 is 14.4 Å². The molecule has 1 aliphatic rings. The Morgan fingerprint density at radius 3 is 2.27 bits per heavy atom. The number of hydrogen-bond donors (Lipinski definition) is 1. The molecule has 1 N–H and O–H groups in total. The average Bonchev–Trinajstić information content (AvgIpc) is 2.15. The fourth-order valence-corrected chi connectivity index (χ4v) is 1.77. The molecule has 0 aliphatic carbocycles. The number of urea groups is 1. The number of imide groups is 2. The molecule has 6 nitrogen and oxygen atoms in total. The lowest BCUT2D eigenvalue weighted by atomic mass is 9.90. The predicted molar refractivity (Wildman–Crippen MR) is 53.0 cm³/mol. The van der Waals surface area contributed by atoms with E-state index in [-0.39, 0.29) is 0 Å². The van der Waals surface area contributed by atoms with Crippen LogP contribution >= 0.6 is 0 Å². The zero-order valence-corrected chi connectivity index (χ0v) is 9.33. The number of likely N-dealkylation sites (N-methyl/N-ethyl adjacent to an activating group) is 2. The summed E-state index contributed by atoms with van der Waals surface area (Å²) in [5.41, 5.74) is -1.26. The van der Waals surface area contributed by atoms with Crippen molar-refractivity contribution in [3.8, 4) is 0 Å². The van der Waals surface area contributed by atoms with Gasteiger partial charge in [-0.2, -0.15) is 0 Å². The first-order chi connectivity index (χ1) is 6.87. The van der Waals surface area contributed by atoms with Gasteiger partial charge in [0.2, 0.25) is 0 Å². The molecule has 0 aromatic carbocycles. The first-order valence-electron chi connectivity index (χ1n) is 4.69. The summed E-state index contributed by atoms with van der Waals surface area (Å²) in [5, 5.41) is 2.17. The summed E-state index contributed by atoms with van der Waals surface area (Å²) in [6, 6.07) is -0.670. The molecule has 1 rings (SSSR count). The maximum Gasteiger partial charge on any atom is 0.330 e. The SMILES string of the molecule is CC[C@]1(N(C)C)C(=O)NC(=O)N(C)C1=O. The highest BCUT2D eigenvalue weighted by Crippen LogP contribution is 2.23. The normalized spacial score (nSPS) is 27.3. The molecule has 1 atom stereocenters. The zero-order valence-electron chi connectivity index (χ0n) is 9.33. The van der Waals surface area contributed by atoms with Gasteiger partial charge in [0, 0.05) is 7.05 Å². The summed E-state index contributed by atoms with van der Waals surface area (Å²) in [6.07, 6.45) is 0.322. The summed E-state index contributed by atoms with van der Waals surface area (Å²) in [6.45, 7) is 1.74. The summed E-state index contributed by atoms with van der Waals surface area (Å²) in [5.74, 6) is -1.04. The number of amides is 4. The van der Waals surface area contributed by atoms with E-state index in [9.17, 15) is 14.4 Å². The fourth-order valence-electron chi connectivity index (χ4n) is 1.77. The highest BCUT2D eigenvalue weighted by molar-refractivity contribution is 6.22. The molecule has 0 bridgehead atoms. The summed E-state index contributed by atoms with van der Waals surface area (Å²) >= 11 is 0. The smallest absolute Gasteiger partial charge is 0.288 e. The van der Waals surface area contributed by atoms with Crippen molar-refractivity contribution in [3.63, 3.8) is 0 Å². The summed E-state index contributed by atoms with van der Waals surface area (Å²) in [4.78, 5) is 37.3. The van der Waals surface area contributed by atoms with Gasteiger partial charge in [0.15, 0.2) is 5.54 Å². The third kappa shape index (κ3) is 1.41. The summed E-state index contributed by atoms with van der Waals surface area (Å²) in [7, 11) is 4.65. The largest absolute Gasteiger partial charge is 0.330 e. The quantitative estimate of drug-likeness (QED) is 0.622. The highest BCUT2D eigenvalue weighted by Gasteiger charge is 2.53. The number of carbonyl (C=O) groups excluding carboxylic acids is 3. The number of barbiturate groups is 1. The van der Waals surface area contributed by atoms with E-state index in [2.05, 4.69) is 5.32 Å². The number of carbonyl (C=O) groups is 3. The Morgan fingerprint density at radius 1 is 1.33 bits per heavy atom. The number of hydrogen-bond acceptors (Lipinski definition) is 4. The van der Waals surface area contributed by atoms with Crippen LogP contribution in [0.5, 0.6) is 0 Å². The maximum absolute atomic E-state index is 11.9. The fraction of sp³-hybridized carbons (Fsp3) is 0.667. The number of nitrogens with one attached hydrogen (secondary N) is 1. The van der Waals surface area contributed by atoms with Gasteiger partial charge in [-0.15, -0.1) is 0 Å².